The van der Waals surface area contributed by atoms with Gasteiger partial charge in [-0.25, -0.2) is 0 Å². The number of aliphatic hydroxyl groups excluding tert-OH is 2. The Labute approximate surface area is 259 Å². The van der Waals surface area contributed by atoms with E-state index in [9.17, 15) is 43.2 Å². The lowest BCUT2D eigenvalue weighted by molar-refractivity contribution is -0.148. The first-order valence-corrected chi connectivity index (χ1v) is 15.2. The van der Waals surface area contributed by atoms with Crippen LogP contribution in [0, 0.1) is 18.8 Å². The number of aliphatic hydroxyl groups is 3. The van der Waals surface area contributed by atoms with E-state index in [4.69, 9.17) is 16.0 Å². The van der Waals surface area contributed by atoms with Crippen LogP contribution in [0.3, 0.4) is 0 Å². The maximum Gasteiger partial charge on any atom is 0.294 e. The molecular weight excluding hydrogens is 608 g/mol. The predicted molar refractivity (Wildman–Crippen MR) is 163 cm³/mol. The molecule has 0 saturated heterocycles. The molecule has 3 aliphatic rings. The Kier molecular flexibility index (Phi) is 8.54. The minimum absolute atomic E-state index is 0.0315. The predicted octanol–water partition coefficient (Wildman–Crippen LogP) is 1.01. The van der Waals surface area contributed by atoms with Gasteiger partial charge in [-0.2, -0.15) is 8.42 Å². The Hall–Kier alpha value is -4.44. The minimum atomic E-state index is -4.02. The maximum absolute atomic E-state index is 13.6. The van der Waals surface area contributed by atoms with Crippen molar-refractivity contribution in [1.29, 1.82) is 0 Å². The summed E-state index contributed by atoms with van der Waals surface area (Å²) in [7, 11) is 2.66. The lowest BCUT2D eigenvalue weighted by Crippen LogP contribution is -2.63. The molecule has 5 rings (SSSR count). The SMILES string of the molecule is CN(C)c1cc(N)c(O)c2c1CC1CC3[C@H](N(C)C)C(O)=C(C(N)=O)C(=O)[C@@]3(O)C(O)=C1C2=O.Cc1ccc(S(=O)(=O)O)cc1. The number of fused-ring (bicyclic) bond motifs is 3. The Bertz CT molecular complexity index is 1780. The Morgan fingerprint density at radius 2 is 1.62 bits per heavy atom. The second-order valence-corrected chi connectivity index (χ2v) is 13.3. The van der Waals surface area contributed by atoms with Gasteiger partial charge >= 0.3 is 0 Å². The van der Waals surface area contributed by atoms with E-state index in [0.717, 1.165) is 5.56 Å². The molecule has 4 atom stereocenters. The van der Waals surface area contributed by atoms with Crippen molar-refractivity contribution in [3.05, 3.63) is 69.7 Å². The molecule has 1 amide bonds. The number of ketones is 2. The molecule has 0 bridgehead atoms. The number of phenols is 1. The number of benzene rings is 2. The van der Waals surface area contributed by atoms with Crippen LogP contribution in [0.2, 0.25) is 0 Å². The normalized spacial score (nSPS) is 24.4. The van der Waals surface area contributed by atoms with E-state index < -0.39 is 73.9 Å². The molecule has 0 heterocycles. The van der Waals surface area contributed by atoms with E-state index in [1.54, 1.807) is 51.3 Å². The summed E-state index contributed by atoms with van der Waals surface area (Å²) >= 11 is 0. The van der Waals surface area contributed by atoms with Gasteiger partial charge in [0.2, 0.25) is 5.78 Å². The van der Waals surface area contributed by atoms with Crippen LogP contribution in [0.1, 0.15) is 27.9 Å². The summed E-state index contributed by atoms with van der Waals surface area (Å²) in [5.74, 6) is -6.95. The van der Waals surface area contributed by atoms with Gasteiger partial charge in [0.1, 0.15) is 22.8 Å². The van der Waals surface area contributed by atoms with Crippen LogP contribution in [-0.2, 0) is 26.1 Å². The highest BCUT2D eigenvalue weighted by Gasteiger charge is 2.63. The van der Waals surface area contributed by atoms with Gasteiger partial charge < -0.3 is 36.8 Å². The van der Waals surface area contributed by atoms with E-state index >= 15 is 0 Å². The van der Waals surface area contributed by atoms with E-state index in [-0.39, 0.29) is 34.6 Å². The largest absolute Gasteiger partial charge is 0.510 e. The van der Waals surface area contributed by atoms with Gasteiger partial charge in [-0.1, -0.05) is 17.7 Å². The van der Waals surface area contributed by atoms with Crippen LogP contribution in [0.25, 0.3) is 0 Å². The van der Waals surface area contributed by atoms with Crippen molar-refractivity contribution in [2.24, 2.45) is 17.6 Å². The molecule has 2 aromatic carbocycles. The first kappa shape index (κ1) is 33.5. The summed E-state index contributed by atoms with van der Waals surface area (Å²) in [5.41, 5.74) is 9.47. The molecule has 2 unspecified atom stereocenters. The highest BCUT2D eigenvalue weighted by atomic mass is 32.2. The average Bonchev–Trinajstić information content (AvgIpc) is 2.92. The Morgan fingerprint density at radius 1 is 1.04 bits per heavy atom. The van der Waals surface area contributed by atoms with Crippen molar-refractivity contribution in [2.45, 2.75) is 36.3 Å². The van der Waals surface area contributed by atoms with Crippen molar-refractivity contribution < 1.29 is 47.8 Å². The number of carbonyl (C=O) groups is 3. The van der Waals surface area contributed by atoms with E-state index in [1.165, 1.54) is 17.0 Å². The second-order valence-electron chi connectivity index (χ2n) is 11.8. The standard InChI is InChI=1S/C23H28N4O7.C7H8O3S/c1-26(2)12-7-11(24)17(28)14-9(12)5-8-6-10-16(27(3)4)19(30)15(22(25)33)21(32)23(10,34)20(31)13(8)18(14)29;1-6-2-4-7(5-3-6)11(8,9)10/h7-8,10,16,28,30-31,34H,5-6,24H2,1-4H3,(H2,25,33);2-5H,1H3,(H,8,9,10)/t8?,10?,16-,23-;/m0./s1. The van der Waals surface area contributed by atoms with Crippen molar-refractivity contribution in [1.82, 2.24) is 4.90 Å². The summed E-state index contributed by atoms with van der Waals surface area (Å²) < 4.78 is 29.6. The summed E-state index contributed by atoms with van der Waals surface area (Å²) in [4.78, 5) is 42.0. The molecule has 2 aromatic rings. The summed E-state index contributed by atoms with van der Waals surface area (Å²) in [5, 5.41) is 44.2. The molecule has 0 fully saturated rings. The Morgan fingerprint density at radius 3 is 2.11 bits per heavy atom. The first-order chi connectivity index (χ1) is 20.7. The molecule has 14 nitrogen and oxygen atoms in total. The number of aryl methyl sites for hydroxylation is 1. The number of anilines is 2. The van der Waals surface area contributed by atoms with Crippen LogP contribution >= 0.6 is 0 Å². The van der Waals surface area contributed by atoms with E-state index in [0.29, 0.717) is 11.3 Å². The van der Waals surface area contributed by atoms with Crippen molar-refractivity contribution in [2.75, 3.05) is 38.8 Å². The summed E-state index contributed by atoms with van der Waals surface area (Å²) in [6.45, 7) is 1.84. The van der Waals surface area contributed by atoms with Gasteiger partial charge in [-0.05, 0) is 63.5 Å². The number of hydrogen-bond acceptors (Lipinski definition) is 12. The smallest absolute Gasteiger partial charge is 0.294 e. The van der Waals surface area contributed by atoms with Gasteiger partial charge in [0.25, 0.3) is 16.0 Å². The zero-order valence-electron chi connectivity index (χ0n) is 25.3. The van der Waals surface area contributed by atoms with Crippen LogP contribution in [0.5, 0.6) is 5.75 Å². The number of amides is 1. The number of nitrogen functional groups attached to an aromatic ring is 1. The van der Waals surface area contributed by atoms with Gasteiger partial charge in [-0.3, -0.25) is 23.8 Å². The van der Waals surface area contributed by atoms with Gasteiger partial charge in [0, 0.05) is 31.3 Å². The number of rotatable bonds is 4. The molecular formula is C30H36N4O10S. The lowest BCUT2D eigenvalue weighted by atomic mass is 9.58. The highest BCUT2D eigenvalue weighted by molar-refractivity contribution is 7.85. The monoisotopic (exact) mass is 644 g/mol. The highest BCUT2D eigenvalue weighted by Crippen LogP contribution is 2.53. The molecule has 0 saturated carbocycles. The number of hydrogen-bond donors (Lipinski definition) is 7. The molecule has 3 aliphatic carbocycles. The van der Waals surface area contributed by atoms with Crippen molar-refractivity contribution in [3.8, 4) is 5.75 Å². The summed E-state index contributed by atoms with van der Waals surface area (Å²) in [6, 6.07) is 6.51. The van der Waals surface area contributed by atoms with Gasteiger partial charge in [0.05, 0.1) is 22.2 Å². The van der Waals surface area contributed by atoms with E-state index in [1.807, 2.05) is 6.92 Å². The van der Waals surface area contributed by atoms with Crippen LogP contribution in [-0.4, -0.2) is 95.6 Å². The number of nitrogens with two attached hydrogens (primary N) is 2. The molecule has 0 aliphatic heterocycles. The fourth-order valence-electron chi connectivity index (χ4n) is 6.43. The van der Waals surface area contributed by atoms with Crippen LogP contribution in [0.15, 0.2) is 57.9 Å². The zero-order chi connectivity index (χ0) is 33.9. The third-order valence-electron chi connectivity index (χ3n) is 8.53. The topological polar surface area (TPSA) is 245 Å². The zero-order valence-corrected chi connectivity index (χ0v) is 26.1. The molecule has 0 radical (unpaired) electrons. The number of primary amides is 1. The number of phenolic OH excluding ortho intramolecular Hbond substituents is 1. The van der Waals surface area contributed by atoms with Gasteiger partial charge in [0.15, 0.2) is 11.4 Å². The number of likely N-dealkylation sites (N-methyl/N-ethyl adjacent to an activating group) is 1. The number of nitrogens with zero attached hydrogens (tertiary/aromatic N) is 2. The maximum atomic E-state index is 13.6. The number of aromatic hydroxyl groups is 1. The third kappa shape index (κ3) is 5.41. The van der Waals surface area contributed by atoms with Crippen molar-refractivity contribution in [3.63, 3.8) is 0 Å². The molecule has 45 heavy (non-hydrogen) atoms. The molecule has 0 aromatic heterocycles. The van der Waals surface area contributed by atoms with E-state index in [2.05, 4.69) is 0 Å². The fourth-order valence-corrected chi connectivity index (χ4v) is 6.91. The second kappa shape index (κ2) is 11.5. The fraction of sp³-hybridized carbons (Fsp3) is 0.367. The third-order valence-corrected chi connectivity index (χ3v) is 9.40. The minimum Gasteiger partial charge on any atom is -0.510 e. The van der Waals surface area contributed by atoms with Crippen LogP contribution in [0.4, 0.5) is 11.4 Å². The van der Waals surface area contributed by atoms with Gasteiger partial charge in [-0.15, -0.1) is 0 Å². The molecule has 9 N–H and O–H groups in total. The summed E-state index contributed by atoms with van der Waals surface area (Å²) in [6.07, 6.45) is 0.236. The van der Waals surface area contributed by atoms with Crippen molar-refractivity contribution >= 4 is 39.0 Å². The number of Topliss-reactive ketones (excluding diaryl/α,β-unsaturated/α-hetero) is 2. The molecule has 0 spiro atoms. The lowest BCUT2D eigenvalue weighted by Gasteiger charge is -2.50. The Balaban J connectivity index is 0.000000354. The molecule has 15 heteroatoms. The molecule has 242 valence electrons. The number of allylic oxidation sites excluding steroid dienone is 1. The average molecular weight is 645 g/mol. The first-order valence-electron chi connectivity index (χ1n) is 13.8. The quantitative estimate of drug-likeness (QED) is 0.106. The van der Waals surface area contributed by atoms with Crippen LogP contribution < -0.4 is 16.4 Å². The number of carbonyl (C=O) groups excluding carboxylic acids is 3.